The Kier molecular flexibility index (Phi) is 3.06. The molecule has 1 amide bonds. The summed E-state index contributed by atoms with van der Waals surface area (Å²) < 4.78 is 1.83. The van der Waals surface area contributed by atoms with Crippen LogP contribution in [0.25, 0.3) is 11.0 Å². The number of aromatic amines is 1. The van der Waals surface area contributed by atoms with Crippen molar-refractivity contribution in [2.24, 2.45) is 0 Å². The van der Waals surface area contributed by atoms with Crippen molar-refractivity contribution in [2.45, 2.75) is 0 Å². The van der Waals surface area contributed by atoms with E-state index in [1.807, 2.05) is 16.0 Å². The number of hydrogen-bond acceptors (Lipinski definition) is 4. The third-order valence-corrected chi connectivity index (χ3v) is 3.44. The lowest BCUT2D eigenvalue weighted by molar-refractivity contribution is -0.111. The number of imidazole rings is 1. The minimum atomic E-state index is -0.273. The molecule has 3 rings (SSSR count). The van der Waals surface area contributed by atoms with Gasteiger partial charge in [-0.2, -0.15) is 5.10 Å². The van der Waals surface area contributed by atoms with Gasteiger partial charge in [0, 0.05) is 23.7 Å². The summed E-state index contributed by atoms with van der Waals surface area (Å²) in [6.07, 6.45) is 6.43. The zero-order valence-electron chi connectivity index (χ0n) is 9.50. The summed E-state index contributed by atoms with van der Waals surface area (Å²) >= 11 is 7.49. The second-order valence-corrected chi connectivity index (χ2v) is 4.87. The smallest absolute Gasteiger partial charge is 0.249 e. The molecule has 0 bridgehead atoms. The average Bonchev–Trinajstić information content (AvgIpc) is 3.05. The summed E-state index contributed by atoms with van der Waals surface area (Å²) in [7, 11) is 0. The van der Waals surface area contributed by atoms with Crippen LogP contribution < -0.4 is 5.32 Å². The molecule has 3 aromatic heterocycles. The van der Waals surface area contributed by atoms with Crippen molar-refractivity contribution < 1.29 is 4.79 Å². The lowest BCUT2D eigenvalue weighted by Gasteiger charge is -1.96. The molecular formula is C11H8ClN5OS. The maximum atomic E-state index is 11.7. The van der Waals surface area contributed by atoms with Crippen molar-refractivity contribution in [2.75, 3.05) is 5.32 Å². The van der Waals surface area contributed by atoms with Crippen molar-refractivity contribution in [1.29, 1.82) is 0 Å². The average molecular weight is 294 g/mol. The maximum Gasteiger partial charge on any atom is 0.249 e. The van der Waals surface area contributed by atoms with E-state index in [1.54, 1.807) is 18.3 Å². The summed E-state index contributed by atoms with van der Waals surface area (Å²) in [6.45, 7) is 0. The minimum Gasteiger partial charge on any atom is -0.307 e. The van der Waals surface area contributed by atoms with Crippen LogP contribution in [0, 0.1) is 0 Å². The van der Waals surface area contributed by atoms with Gasteiger partial charge < -0.3 is 5.32 Å². The summed E-state index contributed by atoms with van der Waals surface area (Å²) in [5.74, 6) is 0.264. The fourth-order valence-corrected chi connectivity index (χ4v) is 2.59. The molecule has 8 heteroatoms. The largest absolute Gasteiger partial charge is 0.307 e. The monoisotopic (exact) mass is 293 g/mol. The van der Waals surface area contributed by atoms with Gasteiger partial charge in [0.2, 0.25) is 5.91 Å². The molecule has 0 saturated carbocycles. The summed E-state index contributed by atoms with van der Waals surface area (Å²) in [5.41, 5.74) is 0.678. The second-order valence-electron chi connectivity index (χ2n) is 3.64. The summed E-state index contributed by atoms with van der Waals surface area (Å²) in [5, 5.41) is 11.3. The maximum absolute atomic E-state index is 11.7. The quantitative estimate of drug-likeness (QED) is 0.728. The van der Waals surface area contributed by atoms with Gasteiger partial charge in [-0.05, 0) is 6.08 Å². The number of amides is 1. The van der Waals surface area contributed by atoms with Crippen molar-refractivity contribution in [1.82, 2.24) is 19.6 Å². The number of anilines is 1. The molecular weight excluding hydrogens is 286 g/mol. The number of thiazole rings is 1. The van der Waals surface area contributed by atoms with E-state index < -0.39 is 0 Å². The predicted octanol–water partition coefficient (Wildman–Crippen LogP) is 2.42. The van der Waals surface area contributed by atoms with Crippen LogP contribution in [0.5, 0.6) is 0 Å². The Morgan fingerprint density at radius 3 is 3.26 bits per heavy atom. The van der Waals surface area contributed by atoms with Gasteiger partial charge in [0.25, 0.3) is 0 Å². The van der Waals surface area contributed by atoms with E-state index in [-0.39, 0.29) is 5.91 Å². The van der Waals surface area contributed by atoms with Gasteiger partial charge in [-0.15, -0.1) is 11.3 Å². The van der Waals surface area contributed by atoms with Gasteiger partial charge in [0.05, 0.1) is 11.9 Å². The van der Waals surface area contributed by atoms with Crippen molar-refractivity contribution in [3.05, 3.63) is 40.8 Å². The van der Waals surface area contributed by atoms with Crippen LogP contribution in [-0.2, 0) is 4.79 Å². The zero-order chi connectivity index (χ0) is 13.2. The molecule has 0 saturated heterocycles. The van der Waals surface area contributed by atoms with E-state index in [1.165, 1.54) is 17.4 Å². The highest BCUT2D eigenvalue weighted by molar-refractivity contribution is 7.15. The molecule has 3 heterocycles. The van der Waals surface area contributed by atoms with Crippen LogP contribution in [0.15, 0.2) is 29.9 Å². The molecule has 0 aliphatic heterocycles. The number of H-pyrrole nitrogens is 1. The van der Waals surface area contributed by atoms with Crippen LogP contribution in [0.2, 0.25) is 5.15 Å². The fraction of sp³-hybridized carbons (Fsp3) is 0. The van der Waals surface area contributed by atoms with Gasteiger partial charge in [-0.25, -0.2) is 4.98 Å². The molecule has 0 aliphatic carbocycles. The molecule has 0 aromatic carbocycles. The normalized spacial score (nSPS) is 11.4. The van der Waals surface area contributed by atoms with E-state index in [2.05, 4.69) is 20.5 Å². The SMILES string of the molecule is O=C(C=Cc1c(Cl)nc2sccn12)Nc1ccn[nH]1. The summed E-state index contributed by atoms with van der Waals surface area (Å²) in [4.78, 5) is 16.6. The Hall–Kier alpha value is -2.12. The number of halogens is 1. The Morgan fingerprint density at radius 2 is 2.47 bits per heavy atom. The van der Waals surface area contributed by atoms with E-state index in [9.17, 15) is 4.79 Å². The first-order valence-electron chi connectivity index (χ1n) is 5.33. The zero-order valence-corrected chi connectivity index (χ0v) is 11.1. The highest BCUT2D eigenvalue weighted by Crippen LogP contribution is 2.22. The lowest BCUT2D eigenvalue weighted by atomic mass is 10.4. The molecule has 0 aliphatic rings. The third-order valence-electron chi connectivity index (χ3n) is 2.41. The molecule has 96 valence electrons. The molecule has 0 atom stereocenters. The van der Waals surface area contributed by atoms with Crippen molar-refractivity contribution in [3.8, 4) is 0 Å². The number of carbonyl (C=O) groups excluding carboxylic acids is 1. The Labute approximate surface area is 116 Å². The first-order chi connectivity index (χ1) is 9.24. The Balaban J connectivity index is 1.80. The van der Waals surface area contributed by atoms with E-state index in [0.29, 0.717) is 16.7 Å². The van der Waals surface area contributed by atoms with Crippen LogP contribution in [-0.4, -0.2) is 25.5 Å². The standard InChI is InChI=1S/C11H8ClN5OS/c12-10-7(17-5-6-19-11(17)15-10)1-2-9(18)14-8-3-4-13-16-8/h1-6H,(H2,13,14,16,18). The number of hydrogen-bond donors (Lipinski definition) is 2. The van der Waals surface area contributed by atoms with Crippen LogP contribution in [0.1, 0.15) is 5.69 Å². The second kappa shape index (κ2) is 4.87. The van der Waals surface area contributed by atoms with Gasteiger partial charge in [0.1, 0.15) is 5.82 Å². The van der Waals surface area contributed by atoms with E-state index in [0.717, 1.165) is 4.96 Å². The third kappa shape index (κ3) is 2.38. The molecule has 0 spiro atoms. The molecule has 19 heavy (non-hydrogen) atoms. The minimum absolute atomic E-state index is 0.273. The van der Waals surface area contributed by atoms with Gasteiger partial charge in [-0.3, -0.25) is 14.3 Å². The van der Waals surface area contributed by atoms with Crippen molar-refractivity contribution in [3.63, 3.8) is 0 Å². The van der Waals surface area contributed by atoms with Gasteiger partial charge in [0.15, 0.2) is 10.1 Å². The molecule has 6 nitrogen and oxygen atoms in total. The van der Waals surface area contributed by atoms with Gasteiger partial charge in [-0.1, -0.05) is 11.6 Å². The van der Waals surface area contributed by atoms with Gasteiger partial charge >= 0.3 is 0 Å². The fourth-order valence-electron chi connectivity index (χ4n) is 1.58. The van der Waals surface area contributed by atoms with Crippen molar-refractivity contribution >= 4 is 45.7 Å². The Bertz CT molecular complexity index is 742. The highest BCUT2D eigenvalue weighted by atomic mass is 35.5. The van der Waals surface area contributed by atoms with E-state index in [4.69, 9.17) is 11.6 Å². The number of nitrogens with zero attached hydrogens (tertiary/aromatic N) is 3. The topological polar surface area (TPSA) is 75.1 Å². The Morgan fingerprint density at radius 1 is 1.58 bits per heavy atom. The van der Waals surface area contributed by atoms with Crippen LogP contribution in [0.3, 0.4) is 0 Å². The lowest BCUT2D eigenvalue weighted by Crippen LogP contribution is -2.08. The van der Waals surface area contributed by atoms with Crippen LogP contribution in [0.4, 0.5) is 5.82 Å². The molecule has 0 radical (unpaired) electrons. The number of rotatable bonds is 3. The summed E-state index contributed by atoms with van der Waals surface area (Å²) in [6, 6.07) is 1.66. The molecule has 0 unspecified atom stereocenters. The van der Waals surface area contributed by atoms with E-state index >= 15 is 0 Å². The molecule has 2 N–H and O–H groups in total. The number of fused-ring (bicyclic) bond motifs is 1. The number of nitrogens with one attached hydrogen (secondary N) is 2. The number of carbonyl (C=O) groups is 1. The number of aromatic nitrogens is 4. The highest BCUT2D eigenvalue weighted by Gasteiger charge is 2.08. The van der Waals surface area contributed by atoms with Crippen LogP contribution >= 0.6 is 22.9 Å². The first kappa shape index (κ1) is 11.9. The molecule has 3 aromatic rings. The predicted molar refractivity (Wildman–Crippen MR) is 74.3 cm³/mol. The molecule has 0 fully saturated rings. The first-order valence-corrected chi connectivity index (χ1v) is 6.59.